The van der Waals surface area contributed by atoms with Gasteiger partial charge >= 0.3 is 6.36 Å². The van der Waals surface area contributed by atoms with Crippen molar-refractivity contribution < 1.29 is 27.5 Å². The Morgan fingerprint density at radius 2 is 1.87 bits per heavy atom. The first kappa shape index (κ1) is 15.1. The highest BCUT2D eigenvalue weighted by atomic mass is 19.4. The minimum Gasteiger partial charge on any atom is -0.438 e. The quantitative estimate of drug-likeness (QED) is 0.861. The second-order valence-corrected chi connectivity index (χ2v) is 4.69. The zero-order valence-electron chi connectivity index (χ0n) is 11.7. The van der Waals surface area contributed by atoms with Crippen LogP contribution in [0.4, 0.5) is 13.2 Å². The third-order valence-electron chi connectivity index (χ3n) is 3.00. The molecule has 2 aromatic rings. The molecule has 0 bridgehead atoms. The van der Waals surface area contributed by atoms with Gasteiger partial charge in [-0.15, -0.1) is 13.2 Å². The van der Waals surface area contributed by atoms with E-state index in [0.717, 1.165) is 0 Å². The number of aromatic nitrogens is 1. The first-order chi connectivity index (χ1) is 11.0. The van der Waals surface area contributed by atoms with Gasteiger partial charge in [-0.05, 0) is 29.8 Å². The van der Waals surface area contributed by atoms with Gasteiger partial charge in [0.1, 0.15) is 11.5 Å². The summed E-state index contributed by atoms with van der Waals surface area (Å²) in [6.07, 6.45) is -1.60. The maximum absolute atomic E-state index is 12.1. The van der Waals surface area contributed by atoms with Crippen molar-refractivity contribution in [2.24, 2.45) is 5.16 Å². The smallest absolute Gasteiger partial charge is 0.438 e. The predicted octanol–water partition coefficient (Wildman–Crippen LogP) is 3.83. The van der Waals surface area contributed by atoms with E-state index < -0.39 is 12.5 Å². The molecule has 0 saturated carbocycles. The second-order valence-electron chi connectivity index (χ2n) is 4.69. The summed E-state index contributed by atoms with van der Waals surface area (Å²) in [5.74, 6) is 0.620. The van der Waals surface area contributed by atoms with E-state index in [1.807, 2.05) is 0 Å². The van der Waals surface area contributed by atoms with Gasteiger partial charge in [0.2, 0.25) is 5.90 Å². The van der Waals surface area contributed by atoms with E-state index in [1.54, 1.807) is 24.5 Å². The summed E-state index contributed by atoms with van der Waals surface area (Å²) in [6.45, 7) is 0. The molecule has 0 radical (unpaired) electrons. The first-order valence-corrected chi connectivity index (χ1v) is 6.66. The van der Waals surface area contributed by atoms with Crippen LogP contribution in [0.3, 0.4) is 0 Å². The molecule has 3 rings (SSSR count). The SMILES string of the molecule is FC(F)(F)Oc1ccc([C@@H]2CC(Oc3cccnc3)=NO2)cc1. The molecule has 0 aliphatic carbocycles. The highest BCUT2D eigenvalue weighted by Gasteiger charge is 2.31. The number of hydrogen-bond donors (Lipinski definition) is 0. The van der Waals surface area contributed by atoms with Crippen LogP contribution in [0.1, 0.15) is 18.1 Å². The van der Waals surface area contributed by atoms with Crippen LogP contribution in [0.5, 0.6) is 11.5 Å². The fraction of sp³-hybridized carbons (Fsp3) is 0.200. The summed E-state index contributed by atoms with van der Waals surface area (Å²) in [4.78, 5) is 9.16. The summed E-state index contributed by atoms with van der Waals surface area (Å²) in [6, 6.07) is 8.90. The molecular weight excluding hydrogens is 313 g/mol. The summed E-state index contributed by atoms with van der Waals surface area (Å²) >= 11 is 0. The molecule has 1 aromatic carbocycles. The van der Waals surface area contributed by atoms with Crippen LogP contribution in [0.25, 0.3) is 0 Å². The molecule has 1 aliphatic rings. The third kappa shape index (κ3) is 4.12. The van der Waals surface area contributed by atoms with Crippen molar-refractivity contribution in [1.82, 2.24) is 4.98 Å². The molecule has 0 fully saturated rings. The minimum atomic E-state index is -4.71. The van der Waals surface area contributed by atoms with Crippen LogP contribution in [0.2, 0.25) is 0 Å². The fourth-order valence-corrected chi connectivity index (χ4v) is 2.02. The van der Waals surface area contributed by atoms with Crippen molar-refractivity contribution in [1.29, 1.82) is 0 Å². The molecule has 120 valence electrons. The van der Waals surface area contributed by atoms with Gasteiger partial charge in [-0.3, -0.25) is 4.98 Å². The molecule has 0 unspecified atom stereocenters. The van der Waals surface area contributed by atoms with Crippen LogP contribution < -0.4 is 9.47 Å². The topological polar surface area (TPSA) is 52.9 Å². The Balaban J connectivity index is 1.59. The van der Waals surface area contributed by atoms with Gasteiger partial charge in [-0.1, -0.05) is 17.3 Å². The van der Waals surface area contributed by atoms with Crippen LogP contribution >= 0.6 is 0 Å². The Kier molecular flexibility index (Phi) is 4.05. The van der Waals surface area contributed by atoms with E-state index >= 15 is 0 Å². The van der Waals surface area contributed by atoms with Gasteiger partial charge in [0.15, 0.2) is 6.10 Å². The number of rotatable bonds is 3. The number of benzene rings is 1. The van der Waals surface area contributed by atoms with Crippen LogP contribution in [-0.4, -0.2) is 17.2 Å². The number of alkyl halides is 3. The number of hydrogen-bond acceptors (Lipinski definition) is 5. The number of halogens is 3. The summed E-state index contributed by atoms with van der Waals surface area (Å²) in [5.41, 5.74) is 0.674. The number of nitrogens with zero attached hydrogens (tertiary/aromatic N) is 2. The van der Waals surface area contributed by atoms with E-state index in [1.165, 1.54) is 24.3 Å². The van der Waals surface area contributed by atoms with Crippen molar-refractivity contribution in [2.75, 3.05) is 0 Å². The zero-order chi connectivity index (χ0) is 16.3. The average molecular weight is 324 g/mol. The Morgan fingerprint density at radius 1 is 1.09 bits per heavy atom. The van der Waals surface area contributed by atoms with Crippen LogP contribution in [0, 0.1) is 0 Å². The number of oxime groups is 1. The Labute approximate surface area is 129 Å². The number of ether oxygens (including phenoxy) is 2. The predicted molar refractivity (Wildman–Crippen MR) is 73.9 cm³/mol. The van der Waals surface area contributed by atoms with E-state index in [9.17, 15) is 13.2 Å². The fourth-order valence-electron chi connectivity index (χ4n) is 2.02. The standard InChI is InChI=1S/C15H11F3N2O3/c16-15(17,18)22-11-5-3-10(4-6-11)13-8-14(20-23-13)21-12-2-1-7-19-9-12/h1-7,9,13H,8H2/t13-/m0/s1. The monoisotopic (exact) mass is 324 g/mol. The lowest BCUT2D eigenvalue weighted by atomic mass is 10.1. The molecule has 5 nitrogen and oxygen atoms in total. The Hall–Kier alpha value is -2.77. The zero-order valence-corrected chi connectivity index (χ0v) is 11.7. The first-order valence-electron chi connectivity index (χ1n) is 6.66. The molecule has 8 heteroatoms. The van der Waals surface area contributed by atoms with Crippen molar-refractivity contribution in [3.63, 3.8) is 0 Å². The molecule has 2 heterocycles. The van der Waals surface area contributed by atoms with E-state index in [4.69, 9.17) is 9.57 Å². The van der Waals surface area contributed by atoms with Crippen molar-refractivity contribution in [3.05, 3.63) is 54.4 Å². The van der Waals surface area contributed by atoms with Crippen LogP contribution in [0.15, 0.2) is 53.9 Å². The third-order valence-corrected chi connectivity index (χ3v) is 3.00. The largest absolute Gasteiger partial charge is 0.573 e. The highest BCUT2D eigenvalue weighted by molar-refractivity contribution is 5.79. The lowest BCUT2D eigenvalue weighted by molar-refractivity contribution is -0.274. The normalized spacial score (nSPS) is 17.3. The van der Waals surface area contributed by atoms with E-state index in [2.05, 4.69) is 14.9 Å². The van der Waals surface area contributed by atoms with Gasteiger partial charge in [0, 0.05) is 6.20 Å². The molecule has 0 saturated heterocycles. The van der Waals surface area contributed by atoms with Crippen molar-refractivity contribution in [2.45, 2.75) is 18.9 Å². The van der Waals surface area contributed by atoms with Gasteiger partial charge in [-0.2, -0.15) is 0 Å². The molecule has 0 amide bonds. The molecule has 1 atom stereocenters. The average Bonchev–Trinajstić information content (AvgIpc) is 2.96. The second kappa shape index (κ2) is 6.15. The Bertz CT molecular complexity index is 687. The Morgan fingerprint density at radius 3 is 2.52 bits per heavy atom. The maximum atomic E-state index is 12.1. The molecule has 1 aromatic heterocycles. The lowest BCUT2D eigenvalue weighted by Crippen LogP contribution is -2.17. The highest BCUT2D eigenvalue weighted by Crippen LogP contribution is 2.30. The minimum absolute atomic E-state index is 0.285. The summed E-state index contributed by atoms with van der Waals surface area (Å²) < 4.78 is 45.7. The molecule has 0 spiro atoms. The van der Waals surface area contributed by atoms with Crippen LogP contribution in [-0.2, 0) is 4.84 Å². The molecule has 1 aliphatic heterocycles. The van der Waals surface area contributed by atoms with Crippen molar-refractivity contribution in [3.8, 4) is 11.5 Å². The van der Waals surface area contributed by atoms with Gasteiger partial charge in [0.05, 0.1) is 12.6 Å². The summed E-state index contributed by atoms with van der Waals surface area (Å²) in [5, 5.41) is 3.83. The van der Waals surface area contributed by atoms with E-state index in [-0.39, 0.29) is 5.75 Å². The summed E-state index contributed by atoms with van der Waals surface area (Å²) in [7, 11) is 0. The number of pyridine rings is 1. The van der Waals surface area contributed by atoms with E-state index in [0.29, 0.717) is 23.6 Å². The van der Waals surface area contributed by atoms with Gasteiger partial charge in [0.25, 0.3) is 0 Å². The molecule has 0 N–H and O–H groups in total. The van der Waals surface area contributed by atoms with Crippen molar-refractivity contribution >= 4 is 5.90 Å². The van der Waals surface area contributed by atoms with Gasteiger partial charge < -0.3 is 14.3 Å². The molecule has 23 heavy (non-hydrogen) atoms. The van der Waals surface area contributed by atoms with Gasteiger partial charge in [-0.25, -0.2) is 0 Å². The molecular formula is C15H11F3N2O3. The lowest BCUT2D eigenvalue weighted by Gasteiger charge is -2.11. The maximum Gasteiger partial charge on any atom is 0.573 e.